The highest BCUT2D eigenvalue weighted by molar-refractivity contribution is 7.17. The molecule has 0 atom stereocenters. The van der Waals surface area contributed by atoms with Gasteiger partial charge in [-0.3, -0.25) is 9.59 Å². The molecule has 0 radical (unpaired) electrons. The van der Waals surface area contributed by atoms with E-state index in [9.17, 15) is 9.59 Å². The molecule has 1 heterocycles. The van der Waals surface area contributed by atoms with Crippen LogP contribution in [0.15, 0.2) is 41.4 Å². The molecule has 130 valence electrons. The maximum absolute atomic E-state index is 12.1. The molecule has 1 amide bonds. The number of unbranched alkanes of at least 4 members (excludes halogenated alkanes) is 1. The molecule has 0 fully saturated rings. The van der Waals surface area contributed by atoms with Crippen LogP contribution in [0.2, 0.25) is 0 Å². The third-order valence-electron chi connectivity index (χ3n) is 4.05. The zero-order valence-electron chi connectivity index (χ0n) is 14.3. The maximum Gasteiger partial charge on any atom is 0.325 e. The Bertz CT molecular complexity index is 1000. The fourth-order valence-corrected chi connectivity index (χ4v) is 3.90. The molecule has 0 saturated carbocycles. The molecule has 1 aromatic heterocycles. The van der Waals surface area contributed by atoms with Crippen molar-refractivity contribution in [1.82, 2.24) is 4.57 Å². The first-order valence-corrected chi connectivity index (χ1v) is 9.11. The van der Waals surface area contributed by atoms with Crippen LogP contribution in [0.5, 0.6) is 0 Å². The third kappa shape index (κ3) is 3.64. The highest BCUT2D eigenvalue weighted by Crippen LogP contribution is 2.27. The Morgan fingerprint density at radius 1 is 1.20 bits per heavy atom. The first kappa shape index (κ1) is 17.4. The van der Waals surface area contributed by atoms with Gasteiger partial charge in [0.15, 0.2) is 4.80 Å². The molecule has 5 nitrogen and oxygen atoms in total. The Labute approximate surface area is 149 Å². The van der Waals surface area contributed by atoms with Crippen LogP contribution >= 0.6 is 11.3 Å². The number of carbonyl (C=O) groups excluding carboxylic acids is 2. The molecule has 3 rings (SSSR count). The minimum Gasteiger partial charge on any atom is -0.468 e. The zero-order chi connectivity index (χ0) is 17.8. The minimum absolute atomic E-state index is 0.0364. The Balaban J connectivity index is 2.21. The topological polar surface area (TPSA) is 60.7 Å². The van der Waals surface area contributed by atoms with Crippen LogP contribution in [0.4, 0.5) is 0 Å². The second kappa shape index (κ2) is 7.61. The van der Waals surface area contributed by atoms with Gasteiger partial charge in [0.2, 0.25) is 5.91 Å². The molecule has 0 aliphatic carbocycles. The molecule has 0 spiro atoms. The highest BCUT2D eigenvalue weighted by atomic mass is 32.1. The number of aromatic nitrogens is 1. The van der Waals surface area contributed by atoms with Gasteiger partial charge in [-0.25, -0.2) is 0 Å². The normalized spacial score (nSPS) is 12.0. The fraction of sp³-hybridized carbons (Fsp3) is 0.316. The highest BCUT2D eigenvalue weighted by Gasteiger charge is 2.13. The number of methoxy groups -OCH3 is 1. The SMILES string of the molecule is CCCCC(=O)N=c1sc2c3ccccc3ccc2n1CC(=O)OC. The van der Waals surface area contributed by atoms with Crippen molar-refractivity contribution in [3.8, 4) is 0 Å². The van der Waals surface area contributed by atoms with Gasteiger partial charge >= 0.3 is 5.97 Å². The van der Waals surface area contributed by atoms with E-state index in [1.807, 2.05) is 43.3 Å². The van der Waals surface area contributed by atoms with Gasteiger partial charge in [0.05, 0.1) is 17.3 Å². The average molecular weight is 356 g/mol. The third-order valence-corrected chi connectivity index (χ3v) is 5.18. The van der Waals surface area contributed by atoms with Gasteiger partial charge in [0, 0.05) is 11.8 Å². The molecular weight excluding hydrogens is 336 g/mol. The quantitative estimate of drug-likeness (QED) is 0.656. The molecule has 0 bridgehead atoms. The first-order valence-electron chi connectivity index (χ1n) is 8.29. The molecule has 0 N–H and O–H groups in total. The molecule has 2 aromatic carbocycles. The van der Waals surface area contributed by atoms with Crippen LogP contribution < -0.4 is 4.80 Å². The lowest BCUT2D eigenvalue weighted by atomic mass is 10.1. The van der Waals surface area contributed by atoms with Crippen LogP contribution in [-0.2, 0) is 20.9 Å². The predicted molar refractivity (Wildman–Crippen MR) is 99.4 cm³/mol. The standard InChI is InChI=1S/C19H20N2O3S/c1-3-4-9-16(22)20-19-21(12-17(23)24-2)15-11-10-13-7-5-6-8-14(13)18(15)25-19/h5-8,10-11H,3-4,9,12H2,1-2H3. The number of hydrogen-bond donors (Lipinski definition) is 0. The summed E-state index contributed by atoms with van der Waals surface area (Å²) in [6.45, 7) is 2.07. The molecular formula is C19H20N2O3S. The summed E-state index contributed by atoms with van der Waals surface area (Å²) >= 11 is 1.44. The number of hydrogen-bond acceptors (Lipinski definition) is 4. The minimum atomic E-state index is -0.365. The van der Waals surface area contributed by atoms with E-state index in [1.165, 1.54) is 18.4 Å². The lowest BCUT2D eigenvalue weighted by molar-refractivity contribution is -0.141. The summed E-state index contributed by atoms with van der Waals surface area (Å²) in [7, 11) is 1.36. The van der Waals surface area contributed by atoms with Crippen molar-refractivity contribution in [3.63, 3.8) is 0 Å². The van der Waals surface area contributed by atoms with Gasteiger partial charge in [-0.15, -0.1) is 0 Å². The number of ether oxygens (including phenoxy) is 1. The first-order chi connectivity index (χ1) is 12.1. The van der Waals surface area contributed by atoms with Crippen LogP contribution in [0.25, 0.3) is 21.0 Å². The van der Waals surface area contributed by atoms with E-state index < -0.39 is 0 Å². The number of fused-ring (bicyclic) bond motifs is 3. The Kier molecular flexibility index (Phi) is 5.28. The van der Waals surface area contributed by atoms with Crippen LogP contribution in [0.3, 0.4) is 0 Å². The van der Waals surface area contributed by atoms with E-state index in [0.29, 0.717) is 11.2 Å². The van der Waals surface area contributed by atoms with E-state index in [-0.39, 0.29) is 18.4 Å². The van der Waals surface area contributed by atoms with E-state index in [2.05, 4.69) is 4.99 Å². The molecule has 0 aliphatic heterocycles. The van der Waals surface area contributed by atoms with Crippen molar-refractivity contribution >= 4 is 44.2 Å². The summed E-state index contributed by atoms with van der Waals surface area (Å²) in [4.78, 5) is 28.8. The van der Waals surface area contributed by atoms with Crippen molar-refractivity contribution < 1.29 is 14.3 Å². The van der Waals surface area contributed by atoms with Crippen molar-refractivity contribution in [2.24, 2.45) is 4.99 Å². The van der Waals surface area contributed by atoms with Gasteiger partial charge in [-0.2, -0.15) is 4.99 Å². The molecule has 0 aliphatic rings. The lowest BCUT2D eigenvalue weighted by Gasteiger charge is -2.04. The molecule has 0 saturated heterocycles. The number of rotatable bonds is 5. The molecule has 0 unspecified atom stereocenters. The lowest BCUT2D eigenvalue weighted by Crippen LogP contribution is -2.22. The number of benzene rings is 2. The largest absolute Gasteiger partial charge is 0.468 e. The molecule has 3 aromatic rings. The molecule has 25 heavy (non-hydrogen) atoms. The van der Waals surface area contributed by atoms with E-state index >= 15 is 0 Å². The molecule has 6 heteroatoms. The van der Waals surface area contributed by atoms with Gasteiger partial charge < -0.3 is 9.30 Å². The smallest absolute Gasteiger partial charge is 0.325 e. The Morgan fingerprint density at radius 3 is 2.76 bits per heavy atom. The fourth-order valence-electron chi connectivity index (χ4n) is 2.72. The summed E-state index contributed by atoms with van der Waals surface area (Å²) in [5, 5.41) is 2.21. The van der Waals surface area contributed by atoms with Crippen LogP contribution in [0, 0.1) is 0 Å². The van der Waals surface area contributed by atoms with Gasteiger partial charge in [0.1, 0.15) is 6.54 Å². The van der Waals surface area contributed by atoms with Crippen LogP contribution in [-0.4, -0.2) is 23.6 Å². The van der Waals surface area contributed by atoms with E-state index in [1.54, 1.807) is 4.57 Å². The zero-order valence-corrected chi connectivity index (χ0v) is 15.1. The number of nitrogens with zero attached hydrogens (tertiary/aromatic N) is 2. The van der Waals surface area contributed by atoms with E-state index in [0.717, 1.165) is 33.8 Å². The van der Waals surface area contributed by atoms with Crippen molar-refractivity contribution in [1.29, 1.82) is 0 Å². The number of esters is 1. The number of amides is 1. The number of thiazole rings is 1. The number of carbonyl (C=O) groups is 2. The summed E-state index contributed by atoms with van der Waals surface area (Å²) in [6.07, 6.45) is 2.18. The Morgan fingerprint density at radius 2 is 2.00 bits per heavy atom. The summed E-state index contributed by atoms with van der Waals surface area (Å²) in [5.41, 5.74) is 0.885. The van der Waals surface area contributed by atoms with Crippen LogP contribution in [0.1, 0.15) is 26.2 Å². The van der Waals surface area contributed by atoms with E-state index in [4.69, 9.17) is 4.74 Å². The summed E-state index contributed by atoms with van der Waals surface area (Å²) in [5.74, 6) is -0.522. The summed E-state index contributed by atoms with van der Waals surface area (Å²) in [6, 6.07) is 12.0. The van der Waals surface area contributed by atoms with Crippen molar-refractivity contribution in [2.45, 2.75) is 32.7 Å². The monoisotopic (exact) mass is 356 g/mol. The van der Waals surface area contributed by atoms with Crippen molar-refractivity contribution in [3.05, 3.63) is 41.2 Å². The van der Waals surface area contributed by atoms with Gasteiger partial charge in [-0.05, 0) is 17.9 Å². The predicted octanol–water partition coefficient (Wildman–Crippen LogP) is 3.65. The average Bonchev–Trinajstić information content (AvgIpc) is 2.97. The van der Waals surface area contributed by atoms with Gasteiger partial charge in [0.25, 0.3) is 0 Å². The summed E-state index contributed by atoms with van der Waals surface area (Å²) < 4.78 is 7.59. The maximum atomic E-state index is 12.1. The Hall–Kier alpha value is -2.47. The second-order valence-electron chi connectivity index (χ2n) is 5.79. The van der Waals surface area contributed by atoms with Gasteiger partial charge in [-0.1, -0.05) is 55.0 Å². The van der Waals surface area contributed by atoms with Crippen molar-refractivity contribution in [2.75, 3.05) is 7.11 Å². The second-order valence-corrected chi connectivity index (χ2v) is 6.77.